The molecule has 0 aromatic heterocycles. The van der Waals surface area contributed by atoms with Crippen molar-refractivity contribution in [1.29, 1.82) is 0 Å². The molecule has 17 heavy (non-hydrogen) atoms. The third-order valence-electron chi connectivity index (χ3n) is 4.16. The Morgan fingerprint density at radius 3 is 2.94 bits per heavy atom. The Balaban J connectivity index is 1.56. The Labute approximate surface area is 106 Å². The van der Waals surface area contributed by atoms with Crippen LogP contribution in [0.25, 0.3) is 0 Å². The van der Waals surface area contributed by atoms with Gasteiger partial charge in [-0.3, -0.25) is 4.90 Å². The third-order valence-corrected chi connectivity index (χ3v) is 4.16. The normalized spacial score (nSPS) is 31.6. The molecular formula is C14H28N2O. The lowest BCUT2D eigenvalue weighted by Gasteiger charge is -2.27. The summed E-state index contributed by atoms with van der Waals surface area (Å²) in [5.41, 5.74) is 0. The first-order chi connectivity index (χ1) is 8.36. The van der Waals surface area contributed by atoms with Crippen molar-refractivity contribution in [3.05, 3.63) is 0 Å². The second kappa shape index (κ2) is 7.34. The van der Waals surface area contributed by atoms with Crippen LogP contribution in [-0.4, -0.2) is 49.8 Å². The van der Waals surface area contributed by atoms with Crippen LogP contribution in [0.4, 0.5) is 0 Å². The monoisotopic (exact) mass is 240 g/mol. The third kappa shape index (κ3) is 4.57. The highest BCUT2D eigenvalue weighted by Crippen LogP contribution is 2.15. The zero-order valence-electron chi connectivity index (χ0n) is 11.3. The smallest absolute Gasteiger partial charge is 0.0700 e. The molecular weight excluding hydrogens is 212 g/mol. The van der Waals surface area contributed by atoms with Crippen molar-refractivity contribution in [3.8, 4) is 0 Å². The molecule has 0 aliphatic carbocycles. The average molecular weight is 240 g/mol. The summed E-state index contributed by atoms with van der Waals surface area (Å²) in [6.07, 6.45) is 8.58. The first-order valence-electron chi connectivity index (χ1n) is 7.42. The molecule has 0 radical (unpaired) electrons. The highest BCUT2D eigenvalue weighted by Gasteiger charge is 2.17. The molecule has 0 bridgehead atoms. The van der Waals surface area contributed by atoms with Crippen LogP contribution in [-0.2, 0) is 4.74 Å². The van der Waals surface area contributed by atoms with E-state index in [4.69, 9.17) is 4.74 Å². The van der Waals surface area contributed by atoms with Crippen LogP contribution in [0, 0.1) is 0 Å². The molecule has 0 aromatic carbocycles. The van der Waals surface area contributed by atoms with Gasteiger partial charge in [-0.2, -0.15) is 0 Å². The van der Waals surface area contributed by atoms with Crippen molar-refractivity contribution >= 4 is 0 Å². The first kappa shape index (κ1) is 13.3. The van der Waals surface area contributed by atoms with Gasteiger partial charge in [0.2, 0.25) is 0 Å². The summed E-state index contributed by atoms with van der Waals surface area (Å²) in [4.78, 5) is 2.65. The fourth-order valence-electron chi connectivity index (χ4n) is 2.96. The summed E-state index contributed by atoms with van der Waals surface area (Å²) < 4.78 is 5.61. The van der Waals surface area contributed by atoms with Gasteiger partial charge in [-0.05, 0) is 39.2 Å². The SMILES string of the molecule is CC1CCCCCN1CCNCC1CCCO1. The van der Waals surface area contributed by atoms with E-state index in [1.807, 2.05) is 0 Å². The average Bonchev–Trinajstić information content (AvgIpc) is 2.76. The predicted molar refractivity (Wildman–Crippen MR) is 71.3 cm³/mol. The molecule has 2 saturated heterocycles. The van der Waals surface area contributed by atoms with E-state index in [-0.39, 0.29) is 0 Å². The minimum atomic E-state index is 0.483. The summed E-state index contributed by atoms with van der Waals surface area (Å²) in [6, 6.07) is 0.780. The van der Waals surface area contributed by atoms with E-state index in [0.717, 1.165) is 25.7 Å². The molecule has 2 aliphatic heterocycles. The van der Waals surface area contributed by atoms with E-state index < -0.39 is 0 Å². The van der Waals surface area contributed by atoms with Crippen molar-refractivity contribution in [1.82, 2.24) is 10.2 Å². The molecule has 0 spiro atoms. The second-order valence-electron chi connectivity index (χ2n) is 5.57. The maximum Gasteiger partial charge on any atom is 0.0700 e. The van der Waals surface area contributed by atoms with Gasteiger partial charge in [0, 0.05) is 32.3 Å². The first-order valence-corrected chi connectivity index (χ1v) is 7.42. The Morgan fingerprint density at radius 1 is 1.18 bits per heavy atom. The highest BCUT2D eigenvalue weighted by atomic mass is 16.5. The van der Waals surface area contributed by atoms with Crippen molar-refractivity contribution in [2.24, 2.45) is 0 Å². The molecule has 1 N–H and O–H groups in total. The maximum atomic E-state index is 5.61. The summed E-state index contributed by atoms with van der Waals surface area (Å²) in [5.74, 6) is 0. The molecule has 3 heteroatoms. The fraction of sp³-hybridized carbons (Fsp3) is 1.00. The van der Waals surface area contributed by atoms with Gasteiger partial charge in [-0.25, -0.2) is 0 Å². The van der Waals surface area contributed by atoms with Crippen LogP contribution in [0.2, 0.25) is 0 Å². The minimum absolute atomic E-state index is 0.483. The van der Waals surface area contributed by atoms with Crippen LogP contribution in [0.5, 0.6) is 0 Å². The minimum Gasteiger partial charge on any atom is -0.377 e. The molecule has 100 valence electrons. The largest absolute Gasteiger partial charge is 0.377 e. The lowest BCUT2D eigenvalue weighted by atomic mass is 10.1. The summed E-state index contributed by atoms with van der Waals surface area (Å²) >= 11 is 0. The Kier molecular flexibility index (Phi) is 5.75. The predicted octanol–water partition coefficient (Wildman–Crippen LogP) is 2.02. The van der Waals surface area contributed by atoms with E-state index >= 15 is 0 Å². The number of ether oxygens (including phenoxy) is 1. The number of rotatable bonds is 5. The maximum absolute atomic E-state index is 5.61. The molecule has 2 unspecified atom stereocenters. The van der Waals surface area contributed by atoms with E-state index in [0.29, 0.717) is 6.10 Å². The Hall–Kier alpha value is -0.120. The van der Waals surface area contributed by atoms with Crippen molar-refractivity contribution in [2.75, 3.05) is 32.8 Å². The highest BCUT2D eigenvalue weighted by molar-refractivity contribution is 4.73. The van der Waals surface area contributed by atoms with Crippen LogP contribution in [0.1, 0.15) is 45.4 Å². The van der Waals surface area contributed by atoms with Gasteiger partial charge in [0.15, 0.2) is 0 Å². The van der Waals surface area contributed by atoms with Gasteiger partial charge < -0.3 is 10.1 Å². The topological polar surface area (TPSA) is 24.5 Å². The van der Waals surface area contributed by atoms with Gasteiger partial charge in [0.25, 0.3) is 0 Å². The molecule has 2 atom stereocenters. The summed E-state index contributed by atoms with van der Waals surface area (Å²) in [5, 5.41) is 3.55. The van der Waals surface area contributed by atoms with Crippen molar-refractivity contribution in [3.63, 3.8) is 0 Å². The van der Waals surface area contributed by atoms with E-state index in [9.17, 15) is 0 Å². The number of hydrogen-bond donors (Lipinski definition) is 1. The van der Waals surface area contributed by atoms with Gasteiger partial charge in [0.05, 0.1) is 6.10 Å². The van der Waals surface area contributed by atoms with Crippen LogP contribution in [0.3, 0.4) is 0 Å². The van der Waals surface area contributed by atoms with Crippen molar-refractivity contribution in [2.45, 2.75) is 57.6 Å². The number of nitrogens with zero attached hydrogens (tertiary/aromatic N) is 1. The van der Waals surface area contributed by atoms with E-state index in [1.165, 1.54) is 51.6 Å². The molecule has 0 aromatic rings. The molecule has 0 saturated carbocycles. The second-order valence-corrected chi connectivity index (χ2v) is 5.57. The number of nitrogens with one attached hydrogen (secondary N) is 1. The number of hydrogen-bond acceptors (Lipinski definition) is 3. The molecule has 3 nitrogen and oxygen atoms in total. The van der Waals surface area contributed by atoms with Crippen LogP contribution >= 0.6 is 0 Å². The molecule has 2 rings (SSSR count). The lowest BCUT2D eigenvalue weighted by molar-refractivity contribution is 0.108. The quantitative estimate of drug-likeness (QED) is 0.744. The van der Waals surface area contributed by atoms with E-state index in [2.05, 4.69) is 17.1 Å². The van der Waals surface area contributed by atoms with Gasteiger partial charge in [-0.1, -0.05) is 12.8 Å². The fourth-order valence-corrected chi connectivity index (χ4v) is 2.96. The molecule has 2 aliphatic rings. The van der Waals surface area contributed by atoms with Crippen LogP contribution < -0.4 is 5.32 Å². The lowest BCUT2D eigenvalue weighted by Crippen LogP contribution is -2.39. The summed E-state index contributed by atoms with van der Waals surface area (Å²) in [7, 11) is 0. The molecule has 2 heterocycles. The van der Waals surface area contributed by atoms with Gasteiger partial charge in [-0.15, -0.1) is 0 Å². The van der Waals surface area contributed by atoms with Crippen molar-refractivity contribution < 1.29 is 4.74 Å². The summed E-state index contributed by atoms with van der Waals surface area (Å²) in [6.45, 7) is 8.00. The van der Waals surface area contributed by atoms with Gasteiger partial charge >= 0.3 is 0 Å². The number of likely N-dealkylation sites (tertiary alicyclic amines) is 1. The standard InChI is InChI=1S/C14H28N2O/c1-13-6-3-2-4-9-16(13)10-8-15-12-14-7-5-11-17-14/h13-15H,2-12H2,1H3. The molecule has 0 amide bonds. The van der Waals surface area contributed by atoms with Crippen LogP contribution in [0.15, 0.2) is 0 Å². The van der Waals surface area contributed by atoms with E-state index in [1.54, 1.807) is 0 Å². The molecule has 2 fully saturated rings. The zero-order chi connectivity index (χ0) is 11.9. The Morgan fingerprint density at radius 2 is 2.12 bits per heavy atom. The Bertz CT molecular complexity index is 204. The zero-order valence-corrected chi connectivity index (χ0v) is 11.3. The van der Waals surface area contributed by atoms with Gasteiger partial charge in [0.1, 0.15) is 0 Å².